The van der Waals surface area contributed by atoms with Crippen molar-refractivity contribution in [1.82, 2.24) is 10.6 Å². The highest BCUT2D eigenvalue weighted by Gasteiger charge is 2.33. The van der Waals surface area contributed by atoms with Gasteiger partial charge in [-0.05, 0) is 43.9 Å². The lowest BCUT2D eigenvalue weighted by atomic mass is 9.87. The number of aliphatic imine (C=N–C) groups is 1. The van der Waals surface area contributed by atoms with Crippen LogP contribution in [0.15, 0.2) is 4.99 Å². The number of hydrogen-bond acceptors (Lipinski definition) is 1. The first kappa shape index (κ1) is 11.7. The van der Waals surface area contributed by atoms with Crippen LogP contribution in [-0.2, 0) is 0 Å². The Kier molecular flexibility index (Phi) is 3.72. The molecule has 3 nitrogen and oxygen atoms in total. The third-order valence-electron chi connectivity index (χ3n) is 4.01. The highest BCUT2D eigenvalue weighted by atomic mass is 15.2. The second-order valence-corrected chi connectivity index (χ2v) is 5.64. The Morgan fingerprint density at radius 2 is 1.69 bits per heavy atom. The zero-order chi connectivity index (χ0) is 11.5. The molecule has 2 rings (SSSR count). The van der Waals surface area contributed by atoms with Gasteiger partial charge in [-0.2, -0.15) is 0 Å². The van der Waals surface area contributed by atoms with Crippen molar-refractivity contribution < 1.29 is 0 Å². The summed E-state index contributed by atoms with van der Waals surface area (Å²) in [5.74, 6) is 2.75. The minimum atomic E-state index is 0.636. The molecule has 2 N–H and O–H groups in total. The van der Waals surface area contributed by atoms with E-state index >= 15 is 0 Å². The van der Waals surface area contributed by atoms with E-state index in [0.717, 1.165) is 17.8 Å². The molecule has 2 atom stereocenters. The van der Waals surface area contributed by atoms with Crippen LogP contribution in [-0.4, -0.2) is 25.1 Å². The van der Waals surface area contributed by atoms with Gasteiger partial charge < -0.3 is 10.6 Å². The zero-order valence-corrected chi connectivity index (χ0v) is 10.8. The lowest BCUT2D eigenvalue weighted by Crippen LogP contribution is -2.45. The van der Waals surface area contributed by atoms with Gasteiger partial charge in [0.05, 0.1) is 0 Å². The number of nitrogens with one attached hydrogen (secondary N) is 2. The summed E-state index contributed by atoms with van der Waals surface area (Å²) in [5, 5.41) is 7.04. The first-order chi connectivity index (χ1) is 7.69. The van der Waals surface area contributed by atoms with Crippen molar-refractivity contribution in [3.05, 3.63) is 0 Å². The minimum Gasteiger partial charge on any atom is -0.354 e. The molecule has 2 aliphatic carbocycles. The van der Waals surface area contributed by atoms with Gasteiger partial charge >= 0.3 is 0 Å². The summed E-state index contributed by atoms with van der Waals surface area (Å²) >= 11 is 0. The van der Waals surface area contributed by atoms with E-state index in [-0.39, 0.29) is 0 Å². The lowest BCUT2D eigenvalue weighted by Gasteiger charge is -2.28. The van der Waals surface area contributed by atoms with E-state index in [1.807, 2.05) is 7.05 Å². The van der Waals surface area contributed by atoms with Crippen molar-refractivity contribution in [2.75, 3.05) is 7.05 Å². The van der Waals surface area contributed by atoms with Crippen molar-refractivity contribution in [3.63, 3.8) is 0 Å². The Morgan fingerprint density at radius 1 is 1.06 bits per heavy atom. The normalized spacial score (nSPS) is 39.3. The average Bonchev–Trinajstić information content (AvgIpc) is 2.96. The molecule has 2 aliphatic rings. The summed E-state index contributed by atoms with van der Waals surface area (Å²) in [7, 11) is 1.87. The van der Waals surface area contributed by atoms with Gasteiger partial charge in [0.1, 0.15) is 0 Å². The van der Waals surface area contributed by atoms with Gasteiger partial charge in [-0.1, -0.05) is 13.8 Å². The predicted octanol–water partition coefficient (Wildman–Crippen LogP) is 2.14. The van der Waals surface area contributed by atoms with E-state index in [1.54, 1.807) is 0 Å². The molecular formula is C13H25N3. The van der Waals surface area contributed by atoms with E-state index in [1.165, 1.54) is 32.1 Å². The van der Waals surface area contributed by atoms with E-state index in [0.29, 0.717) is 12.1 Å². The molecule has 2 saturated carbocycles. The maximum Gasteiger partial charge on any atom is 0.191 e. The molecule has 2 fully saturated rings. The molecule has 92 valence electrons. The highest BCUT2D eigenvalue weighted by Crippen LogP contribution is 2.29. The fourth-order valence-corrected chi connectivity index (χ4v) is 2.47. The molecule has 0 heterocycles. The maximum absolute atomic E-state index is 4.31. The molecule has 3 heteroatoms. The lowest BCUT2D eigenvalue weighted by molar-refractivity contribution is 0.329. The van der Waals surface area contributed by atoms with Crippen LogP contribution in [0.4, 0.5) is 0 Å². The molecule has 0 amide bonds. The van der Waals surface area contributed by atoms with Gasteiger partial charge in [-0.3, -0.25) is 4.99 Å². The first-order valence-corrected chi connectivity index (χ1v) is 6.69. The average molecular weight is 223 g/mol. The van der Waals surface area contributed by atoms with E-state index in [9.17, 15) is 0 Å². The van der Waals surface area contributed by atoms with Gasteiger partial charge in [-0.15, -0.1) is 0 Å². The second kappa shape index (κ2) is 5.07. The van der Waals surface area contributed by atoms with Crippen LogP contribution in [0.5, 0.6) is 0 Å². The van der Waals surface area contributed by atoms with E-state index in [4.69, 9.17) is 0 Å². The summed E-state index contributed by atoms with van der Waals surface area (Å²) in [4.78, 5) is 4.31. The van der Waals surface area contributed by atoms with Crippen molar-refractivity contribution in [1.29, 1.82) is 0 Å². The molecule has 0 aromatic heterocycles. The number of guanidine groups is 1. The van der Waals surface area contributed by atoms with Gasteiger partial charge in [0.15, 0.2) is 5.96 Å². The third-order valence-corrected chi connectivity index (χ3v) is 4.01. The van der Waals surface area contributed by atoms with Gasteiger partial charge in [-0.25, -0.2) is 0 Å². The maximum atomic E-state index is 4.31. The van der Waals surface area contributed by atoms with Crippen LogP contribution in [0.1, 0.15) is 46.0 Å². The van der Waals surface area contributed by atoms with Crippen LogP contribution in [0.2, 0.25) is 0 Å². The SMILES string of the molecule is CN=C(NC1CCC(C)CC1)NC1CC1C. The topological polar surface area (TPSA) is 36.4 Å². The molecule has 0 aromatic carbocycles. The summed E-state index contributed by atoms with van der Waals surface area (Å²) < 4.78 is 0. The highest BCUT2D eigenvalue weighted by molar-refractivity contribution is 5.80. The van der Waals surface area contributed by atoms with Gasteiger partial charge in [0, 0.05) is 19.1 Å². The van der Waals surface area contributed by atoms with Gasteiger partial charge in [0.25, 0.3) is 0 Å². The van der Waals surface area contributed by atoms with Crippen LogP contribution < -0.4 is 10.6 Å². The van der Waals surface area contributed by atoms with E-state index in [2.05, 4.69) is 29.5 Å². The summed E-state index contributed by atoms with van der Waals surface area (Å²) in [6.45, 7) is 4.64. The van der Waals surface area contributed by atoms with Gasteiger partial charge in [0.2, 0.25) is 0 Å². The Labute approximate surface area is 99.1 Å². The first-order valence-electron chi connectivity index (χ1n) is 6.69. The van der Waals surface area contributed by atoms with Crippen molar-refractivity contribution in [2.45, 2.75) is 58.0 Å². The Morgan fingerprint density at radius 3 is 2.19 bits per heavy atom. The van der Waals surface area contributed by atoms with Crippen LogP contribution in [0, 0.1) is 11.8 Å². The van der Waals surface area contributed by atoms with Crippen LogP contribution in [0.25, 0.3) is 0 Å². The Hall–Kier alpha value is -0.730. The number of hydrogen-bond donors (Lipinski definition) is 2. The second-order valence-electron chi connectivity index (χ2n) is 5.64. The molecule has 0 radical (unpaired) electrons. The smallest absolute Gasteiger partial charge is 0.191 e. The molecular weight excluding hydrogens is 198 g/mol. The quantitative estimate of drug-likeness (QED) is 0.556. The fourth-order valence-electron chi connectivity index (χ4n) is 2.47. The van der Waals surface area contributed by atoms with E-state index < -0.39 is 0 Å². The molecule has 0 aromatic rings. The number of nitrogens with zero attached hydrogens (tertiary/aromatic N) is 1. The van der Waals surface area contributed by atoms with Crippen molar-refractivity contribution in [2.24, 2.45) is 16.8 Å². The monoisotopic (exact) mass is 223 g/mol. The molecule has 0 spiro atoms. The predicted molar refractivity (Wildman–Crippen MR) is 68.6 cm³/mol. The molecule has 0 saturated heterocycles. The largest absolute Gasteiger partial charge is 0.354 e. The summed E-state index contributed by atoms with van der Waals surface area (Å²) in [6.07, 6.45) is 6.59. The minimum absolute atomic E-state index is 0.636. The Balaban J connectivity index is 1.74. The Bertz CT molecular complexity index is 254. The fraction of sp³-hybridized carbons (Fsp3) is 0.923. The van der Waals surface area contributed by atoms with Crippen LogP contribution in [0.3, 0.4) is 0 Å². The zero-order valence-electron chi connectivity index (χ0n) is 10.8. The third kappa shape index (κ3) is 3.13. The number of rotatable bonds is 2. The molecule has 0 bridgehead atoms. The molecule has 16 heavy (non-hydrogen) atoms. The standard InChI is InChI=1S/C13H25N3/c1-9-4-6-11(7-5-9)15-13(14-3)16-12-8-10(12)2/h9-12H,4-8H2,1-3H3,(H2,14,15,16). The molecule has 2 unspecified atom stereocenters. The molecule has 0 aliphatic heterocycles. The van der Waals surface area contributed by atoms with Crippen molar-refractivity contribution >= 4 is 5.96 Å². The van der Waals surface area contributed by atoms with Crippen LogP contribution >= 0.6 is 0 Å². The summed E-state index contributed by atoms with van der Waals surface area (Å²) in [5.41, 5.74) is 0. The van der Waals surface area contributed by atoms with Crippen molar-refractivity contribution in [3.8, 4) is 0 Å². The summed E-state index contributed by atoms with van der Waals surface area (Å²) in [6, 6.07) is 1.30.